The van der Waals surface area contributed by atoms with Crippen LogP contribution in [0.2, 0.25) is 0 Å². The van der Waals surface area contributed by atoms with Gasteiger partial charge in [-0.25, -0.2) is 4.79 Å². The van der Waals surface area contributed by atoms with E-state index in [4.69, 9.17) is 5.11 Å². The Balaban J connectivity index is 5.12. The van der Waals surface area contributed by atoms with Crippen molar-refractivity contribution in [1.82, 2.24) is 0 Å². The van der Waals surface area contributed by atoms with Gasteiger partial charge in [-0.15, -0.1) is 0 Å². The normalized spacial score (nSPS) is 13.9. The Morgan fingerprint density at radius 3 is 1.93 bits per heavy atom. The van der Waals surface area contributed by atoms with Crippen molar-refractivity contribution in [3.8, 4) is 0 Å². The molecular weight excluding hydrogens is 192 g/mol. The van der Waals surface area contributed by atoms with E-state index in [0.29, 0.717) is 0 Å². The second-order valence-electron chi connectivity index (χ2n) is 3.64. The molecule has 14 heavy (non-hydrogen) atoms. The molecular formula is C9H15F2NO2. The van der Waals surface area contributed by atoms with Crippen LogP contribution < -0.4 is 0 Å². The van der Waals surface area contributed by atoms with Crippen LogP contribution in [0.4, 0.5) is 8.78 Å². The monoisotopic (exact) mass is 207 g/mol. The van der Waals surface area contributed by atoms with E-state index >= 15 is 0 Å². The highest BCUT2D eigenvalue weighted by Crippen LogP contribution is 2.22. The summed E-state index contributed by atoms with van der Waals surface area (Å²) in [5.41, 5.74) is -0.569. The first-order valence-electron chi connectivity index (χ1n) is 4.39. The van der Waals surface area contributed by atoms with Crippen LogP contribution in [0.1, 0.15) is 27.7 Å². The predicted octanol–water partition coefficient (Wildman–Crippen LogP) is 2.21. The molecule has 82 valence electrons. The van der Waals surface area contributed by atoms with E-state index < -0.39 is 23.5 Å². The van der Waals surface area contributed by atoms with E-state index in [1.54, 1.807) is 13.8 Å². The smallest absolute Gasteiger partial charge is 0.380 e. The van der Waals surface area contributed by atoms with Crippen LogP contribution in [0.5, 0.6) is 0 Å². The topological polar surface area (TPSA) is 49.7 Å². The van der Waals surface area contributed by atoms with Crippen molar-refractivity contribution in [2.24, 2.45) is 10.9 Å². The Hall–Kier alpha value is -1.00. The third-order valence-corrected chi connectivity index (χ3v) is 1.53. The maximum Gasteiger partial charge on any atom is 0.380 e. The van der Waals surface area contributed by atoms with Gasteiger partial charge in [0.05, 0.1) is 5.71 Å². The highest BCUT2D eigenvalue weighted by Gasteiger charge is 2.45. The molecule has 5 heteroatoms. The van der Waals surface area contributed by atoms with Crippen molar-refractivity contribution < 1.29 is 18.7 Å². The van der Waals surface area contributed by atoms with Crippen LogP contribution in [0.15, 0.2) is 4.99 Å². The summed E-state index contributed by atoms with van der Waals surface area (Å²) in [7, 11) is 0. The highest BCUT2D eigenvalue weighted by molar-refractivity contribution is 6.08. The summed E-state index contributed by atoms with van der Waals surface area (Å²) in [5.74, 6) is -6.59. The molecule has 0 aliphatic heterocycles. The number of carbonyl (C=O) groups is 1. The summed E-state index contributed by atoms with van der Waals surface area (Å²) >= 11 is 0. The zero-order chi connectivity index (χ0) is 11.5. The molecule has 0 unspecified atom stereocenters. The standard InChI is InChI=1S/C9H15F2NO2/c1-5(2)7(12-6(3)4)9(10,11)8(13)14/h5-6H,1-4H3,(H,13,14). The van der Waals surface area contributed by atoms with Crippen LogP contribution >= 0.6 is 0 Å². The Morgan fingerprint density at radius 1 is 1.29 bits per heavy atom. The maximum atomic E-state index is 13.1. The van der Waals surface area contributed by atoms with Gasteiger partial charge in [-0.1, -0.05) is 13.8 Å². The lowest BCUT2D eigenvalue weighted by atomic mass is 10.0. The molecule has 0 fully saturated rings. The van der Waals surface area contributed by atoms with Gasteiger partial charge in [0, 0.05) is 6.04 Å². The Kier molecular flexibility index (Phi) is 4.16. The van der Waals surface area contributed by atoms with Gasteiger partial charge >= 0.3 is 11.9 Å². The number of aliphatic imine (C=N–C) groups is 1. The molecule has 0 aromatic rings. The Morgan fingerprint density at radius 2 is 1.71 bits per heavy atom. The molecule has 0 saturated heterocycles. The number of hydrogen-bond donors (Lipinski definition) is 1. The van der Waals surface area contributed by atoms with Gasteiger partial charge in [-0.05, 0) is 19.8 Å². The second kappa shape index (κ2) is 4.48. The average molecular weight is 207 g/mol. The Labute approximate surface area is 81.8 Å². The van der Waals surface area contributed by atoms with Crippen molar-refractivity contribution in [2.75, 3.05) is 0 Å². The van der Waals surface area contributed by atoms with Crippen LogP contribution in [0, 0.1) is 5.92 Å². The summed E-state index contributed by atoms with van der Waals surface area (Å²) in [6.07, 6.45) is 0. The zero-order valence-electron chi connectivity index (χ0n) is 8.71. The molecule has 0 saturated carbocycles. The van der Waals surface area contributed by atoms with Crippen molar-refractivity contribution in [3.63, 3.8) is 0 Å². The van der Waals surface area contributed by atoms with Crippen molar-refractivity contribution in [1.29, 1.82) is 0 Å². The van der Waals surface area contributed by atoms with Crippen molar-refractivity contribution >= 4 is 11.7 Å². The summed E-state index contributed by atoms with van der Waals surface area (Å²) in [6, 6.07) is -0.336. The number of nitrogens with zero attached hydrogens (tertiary/aromatic N) is 1. The molecule has 0 aromatic carbocycles. The molecule has 1 N–H and O–H groups in total. The lowest BCUT2D eigenvalue weighted by Gasteiger charge is -2.18. The third-order valence-electron chi connectivity index (χ3n) is 1.53. The third kappa shape index (κ3) is 3.05. The first kappa shape index (κ1) is 13.0. The average Bonchev–Trinajstić information content (AvgIpc) is 1.98. The predicted molar refractivity (Wildman–Crippen MR) is 50.0 cm³/mol. The first-order valence-corrected chi connectivity index (χ1v) is 4.39. The van der Waals surface area contributed by atoms with E-state index in [-0.39, 0.29) is 6.04 Å². The van der Waals surface area contributed by atoms with Gasteiger partial charge in [-0.3, -0.25) is 4.99 Å². The lowest BCUT2D eigenvalue weighted by molar-refractivity contribution is -0.155. The lowest BCUT2D eigenvalue weighted by Crippen LogP contribution is -2.41. The zero-order valence-corrected chi connectivity index (χ0v) is 8.71. The van der Waals surface area contributed by atoms with E-state index in [9.17, 15) is 13.6 Å². The highest BCUT2D eigenvalue weighted by atomic mass is 19.3. The van der Waals surface area contributed by atoms with Gasteiger partial charge < -0.3 is 5.11 Å². The number of aliphatic carboxylic acids is 1. The molecule has 0 rings (SSSR count). The molecule has 0 heterocycles. The van der Waals surface area contributed by atoms with Crippen molar-refractivity contribution in [3.05, 3.63) is 0 Å². The van der Waals surface area contributed by atoms with Crippen molar-refractivity contribution in [2.45, 2.75) is 39.7 Å². The molecule has 0 aliphatic carbocycles. The van der Waals surface area contributed by atoms with Gasteiger partial charge in [0.2, 0.25) is 0 Å². The fourth-order valence-corrected chi connectivity index (χ4v) is 0.980. The maximum absolute atomic E-state index is 13.1. The number of halogens is 2. The molecule has 0 aliphatic rings. The minimum Gasteiger partial charge on any atom is -0.476 e. The van der Waals surface area contributed by atoms with E-state index in [2.05, 4.69) is 4.99 Å². The number of carboxylic acid groups (broad SMARTS) is 1. The van der Waals surface area contributed by atoms with Crippen LogP contribution in [0.3, 0.4) is 0 Å². The fraction of sp³-hybridized carbons (Fsp3) is 0.778. The quantitative estimate of drug-likeness (QED) is 0.718. The molecule has 0 atom stereocenters. The molecule has 0 spiro atoms. The first-order chi connectivity index (χ1) is 6.19. The second-order valence-corrected chi connectivity index (χ2v) is 3.64. The minimum absolute atomic E-state index is 0.336. The number of alkyl halides is 2. The van der Waals surface area contributed by atoms with E-state index in [1.807, 2.05) is 0 Å². The van der Waals surface area contributed by atoms with Crippen LogP contribution in [0.25, 0.3) is 0 Å². The van der Waals surface area contributed by atoms with E-state index in [0.717, 1.165) is 0 Å². The van der Waals surface area contributed by atoms with Gasteiger partial charge in [0.25, 0.3) is 0 Å². The largest absolute Gasteiger partial charge is 0.476 e. The summed E-state index contributed by atoms with van der Waals surface area (Å²) in [4.78, 5) is 14.0. The van der Waals surface area contributed by atoms with Gasteiger partial charge in [0.1, 0.15) is 0 Å². The van der Waals surface area contributed by atoms with E-state index in [1.165, 1.54) is 13.8 Å². The summed E-state index contributed by atoms with van der Waals surface area (Å²) in [5, 5.41) is 8.34. The molecule has 0 radical (unpaired) electrons. The summed E-state index contributed by atoms with van der Waals surface area (Å²) in [6.45, 7) is 6.25. The van der Waals surface area contributed by atoms with Gasteiger partial charge in [0.15, 0.2) is 0 Å². The summed E-state index contributed by atoms with van der Waals surface area (Å²) < 4.78 is 26.2. The molecule has 3 nitrogen and oxygen atoms in total. The minimum atomic E-state index is -3.86. The molecule has 0 aromatic heterocycles. The Bertz CT molecular complexity index is 247. The number of carboxylic acids is 1. The number of hydrogen-bond acceptors (Lipinski definition) is 2. The van der Waals surface area contributed by atoms with Crippen LogP contribution in [-0.2, 0) is 4.79 Å². The van der Waals surface area contributed by atoms with Crippen LogP contribution in [-0.4, -0.2) is 28.8 Å². The molecule has 0 amide bonds. The molecule has 0 bridgehead atoms. The van der Waals surface area contributed by atoms with Gasteiger partial charge in [-0.2, -0.15) is 8.78 Å². The SMILES string of the molecule is CC(C)N=C(C(C)C)C(F)(F)C(=O)O. The fourth-order valence-electron chi connectivity index (χ4n) is 0.980. The number of rotatable bonds is 4.